The van der Waals surface area contributed by atoms with Crippen molar-refractivity contribution < 1.29 is 23.4 Å². The van der Waals surface area contributed by atoms with E-state index in [1.54, 1.807) is 13.0 Å². The molecule has 0 spiro atoms. The largest absolute Gasteiger partial charge is 0.507 e. The zero-order valence-electron chi connectivity index (χ0n) is 15.9. The number of likely N-dealkylation sites (tertiary alicyclic amines) is 1. The molecular formula is C20H24F3N3O2. The minimum Gasteiger partial charge on any atom is -0.507 e. The number of halogens is 3. The first kappa shape index (κ1) is 20.5. The zero-order valence-corrected chi connectivity index (χ0v) is 15.9. The summed E-state index contributed by atoms with van der Waals surface area (Å²) in [7, 11) is 0. The van der Waals surface area contributed by atoms with Crippen LogP contribution in [0.25, 0.3) is 11.3 Å². The highest BCUT2D eigenvalue weighted by Crippen LogP contribution is 2.37. The zero-order chi connectivity index (χ0) is 20.5. The third-order valence-electron chi connectivity index (χ3n) is 5.32. The molecule has 152 valence electrons. The van der Waals surface area contributed by atoms with E-state index >= 15 is 0 Å². The minimum absolute atomic E-state index is 0.0627. The third-order valence-corrected chi connectivity index (χ3v) is 5.32. The van der Waals surface area contributed by atoms with E-state index in [-0.39, 0.29) is 11.5 Å². The molecule has 2 N–H and O–H groups in total. The van der Waals surface area contributed by atoms with E-state index in [4.69, 9.17) is 0 Å². The summed E-state index contributed by atoms with van der Waals surface area (Å²) in [6, 6.07) is 4.46. The Bertz CT molecular complexity index is 842. The quantitative estimate of drug-likeness (QED) is 0.821. The minimum atomic E-state index is -4.53. The van der Waals surface area contributed by atoms with Gasteiger partial charge in [-0.25, -0.2) is 0 Å². The summed E-state index contributed by atoms with van der Waals surface area (Å²) < 4.78 is 38.3. The van der Waals surface area contributed by atoms with E-state index < -0.39 is 23.6 Å². The van der Waals surface area contributed by atoms with Crippen LogP contribution in [-0.2, 0) is 6.18 Å². The first-order chi connectivity index (χ1) is 13.2. The molecular weight excluding hydrogens is 371 g/mol. The van der Waals surface area contributed by atoms with Crippen LogP contribution in [-0.4, -0.2) is 44.9 Å². The normalized spacial score (nSPS) is 19.6. The Labute approximate surface area is 161 Å². The predicted octanol–water partition coefficient (Wildman–Crippen LogP) is 3.94. The molecule has 1 aromatic carbocycles. The molecule has 0 radical (unpaired) electrons. The van der Waals surface area contributed by atoms with Crippen molar-refractivity contribution in [2.45, 2.75) is 39.0 Å². The van der Waals surface area contributed by atoms with Gasteiger partial charge in [-0.1, -0.05) is 6.92 Å². The summed E-state index contributed by atoms with van der Waals surface area (Å²) in [6.07, 6.45) is -3.37. The van der Waals surface area contributed by atoms with Gasteiger partial charge in [0.15, 0.2) is 0 Å². The Morgan fingerprint density at radius 2 is 2.00 bits per heavy atom. The fraction of sp³-hybridized carbons (Fsp3) is 0.500. The van der Waals surface area contributed by atoms with Crippen molar-refractivity contribution in [1.29, 1.82) is 0 Å². The lowest BCUT2D eigenvalue weighted by molar-refractivity contribution is -0.137. The highest BCUT2D eigenvalue weighted by atomic mass is 19.4. The molecule has 2 heterocycles. The molecule has 2 atom stereocenters. The number of alkyl halides is 3. The molecule has 1 unspecified atom stereocenters. The van der Waals surface area contributed by atoms with Gasteiger partial charge in [-0.2, -0.15) is 18.3 Å². The summed E-state index contributed by atoms with van der Waals surface area (Å²) in [6.45, 7) is 6.57. The Balaban J connectivity index is 1.85. The monoisotopic (exact) mass is 395 g/mol. The van der Waals surface area contributed by atoms with Crippen LogP contribution < -0.4 is 0 Å². The van der Waals surface area contributed by atoms with Crippen molar-refractivity contribution in [3.8, 4) is 17.0 Å². The fourth-order valence-corrected chi connectivity index (χ4v) is 3.70. The molecule has 1 aliphatic rings. The van der Waals surface area contributed by atoms with E-state index in [2.05, 4.69) is 22.0 Å². The number of phenols is 1. The Morgan fingerprint density at radius 3 is 2.61 bits per heavy atom. The van der Waals surface area contributed by atoms with Gasteiger partial charge in [0.05, 0.1) is 17.0 Å². The van der Waals surface area contributed by atoms with Crippen molar-refractivity contribution in [2.75, 3.05) is 19.6 Å². The van der Waals surface area contributed by atoms with Gasteiger partial charge in [0.1, 0.15) is 11.9 Å². The number of hydrogen-bond acceptors (Lipinski definition) is 5. The van der Waals surface area contributed by atoms with Crippen molar-refractivity contribution >= 4 is 0 Å². The average molecular weight is 395 g/mol. The Morgan fingerprint density at radius 1 is 1.25 bits per heavy atom. The predicted molar refractivity (Wildman–Crippen MR) is 98.7 cm³/mol. The molecule has 0 bridgehead atoms. The number of aryl methyl sites for hydroxylation is 1. The van der Waals surface area contributed by atoms with Crippen LogP contribution in [0.2, 0.25) is 0 Å². The molecule has 8 heteroatoms. The van der Waals surface area contributed by atoms with Crippen LogP contribution >= 0.6 is 0 Å². The smallest absolute Gasteiger partial charge is 0.416 e. The number of aliphatic hydroxyl groups is 1. The highest BCUT2D eigenvalue weighted by Gasteiger charge is 2.32. The van der Waals surface area contributed by atoms with Crippen LogP contribution in [0.4, 0.5) is 13.2 Å². The number of hydrogen-bond donors (Lipinski definition) is 2. The second-order valence-electron chi connectivity index (χ2n) is 7.27. The van der Waals surface area contributed by atoms with E-state index in [9.17, 15) is 23.4 Å². The van der Waals surface area contributed by atoms with E-state index in [0.29, 0.717) is 23.0 Å². The van der Waals surface area contributed by atoms with Crippen LogP contribution in [0.3, 0.4) is 0 Å². The van der Waals surface area contributed by atoms with Crippen molar-refractivity contribution in [2.24, 2.45) is 5.92 Å². The number of benzene rings is 1. The van der Waals surface area contributed by atoms with Gasteiger partial charge < -0.3 is 15.1 Å². The van der Waals surface area contributed by atoms with Gasteiger partial charge in [0.25, 0.3) is 0 Å². The number of phenolic OH excluding ortho intramolecular Hbond substituents is 1. The van der Waals surface area contributed by atoms with Crippen LogP contribution in [0.5, 0.6) is 5.75 Å². The lowest BCUT2D eigenvalue weighted by Gasteiger charge is -2.34. The van der Waals surface area contributed by atoms with Crippen molar-refractivity contribution in [1.82, 2.24) is 15.1 Å². The summed E-state index contributed by atoms with van der Waals surface area (Å²) >= 11 is 0. The number of rotatable bonds is 4. The molecule has 1 aromatic heterocycles. The SMILES string of the molecule is CCN1CCCC([C@@H](O)c2cc(C)c(-c3ccc(C(F)(F)F)cc3O)nn2)C1. The molecule has 5 nitrogen and oxygen atoms in total. The molecule has 2 aromatic rings. The number of piperidine rings is 1. The van der Waals surface area contributed by atoms with Crippen molar-refractivity contribution in [3.63, 3.8) is 0 Å². The fourth-order valence-electron chi connectivity index (χ4n) is 3.70. The second kappa shape index (κ2) is 8.05. The maximum atomic E-state index is 12.8. The first-order valence-corrected chi connectivity index (χ1v) is 9.36. The van der Waals surface area contributed by atoms with E-state index in [0.717, 1.165) is 38.5 Å². The van der Waals surface area contributed by atoms with Gasteiger partial charge in [0.2, 0.25) is 0 Å². The number of aromatic hydroxyl groups is 1. The van der Waals surface area contributed by atoms with Crippen LogP contribution in [0.15, 0.2) is 24.3 Å². The van der Waals surface area contributed by atoms with Crippen LogP contribution in [0, 0.1) is 12.8 Å². The number of aliphatic hydroxyl groups excluding tert-OH is 1. The average Bonchev–Trinajstić information content (AvgIpc) is 2.67. The second-order valence-corrected chi connectivity index (χ2v) is 7.27. The molecule has 1 fully saturated rings. The molecule has 0 amide bonds. The standard InChI is InChI=1S/C20H24F3N3O2/c1-3-26-8-4-5-13(11-26)19(28)16-9-12(2)18(25-24-16)15-7-6-14(10-17(15)27)20(21,22)23/h6-7,9-10,13,19,27-28H,3-5,8,11H2,1-2H3/t13?,19-/m1/s1. The number of nitrogens with zero attached hydrogens (tertiary/aromatic N) is 3. The van der Waals surface area contributed by atoms with E-state index in [1.165, 1.54) is 6.07 Å². The molecule has 0 aliphatic carbocycles. The van der Waals surface area contributed by atoms with E-state index in [1.807, 2.05) is 0 Å². The molecule has 1 saturated heterocycles. The third kappa shape index (κ3) is 4.28. The molecule has 1 aliphatic heterocycles. The van der Waals surface area contributed by atoms with Crippen LogP contribution in [0.1, 0.15) is 42.7 Å². The molecule has 3 rings (SSSR count). The maximum Gasteiger partial charge on any atom is 0.416 e. The summed E-state index contributed by atoms with van der Waals surface area (Å²) in [5, 5.41) is 29.0. The van der Waals surface area contributed by atoms with Gasteiger partial charge in [0, 0.05) is 18.0 Å². The Hall–Kier alpha value is -2.19. The molecule has 0 saturated carbocycles. The summed E-state index contributed by atoms with van der Waals surface area (Å²) in [5.41, 5.74) is 0.608. The highest BCUT2D eigenvalue weighted by molar-refractivity contribution is 5.69. The first-order valence-electron chi connectivity index (χ1n) is 9.36. The van der Waals surface area contributed by atoms with Gasteiger partial charge in [-0.05, 0) is 62.7 Å². The Kier molecular flexibility index (Phi) is 5.90. The topological polar surface area (TPSA) is 69.5 Å². The summed E-state index contributed by atoms with van der Waals surface area (Å²) in [4.78, 5) is 2.28. The van der Waals surface area contributed by atoms with Gasteiger partial charge >= 0.3 is 6.18 Å². The lowest BCUT2D eigenvalue weighted by Crippen LogP contribution is -2.37. The lowest BCUT2D eigenvalue weighted by atomic mass is 9.90. The maximum absolute atomic E-state index is 12.8. The molecule has 28 heavy (non-hydrogen) atoms. The van der Waals surface area contributed by atoms with Gasteiger partial charge in [-0.15, -0.1) is 5.10 Å². The number of aromatic nitrogens is 2. The van der Waals surface area contributed by atoms with Crippen molar-refractivity contribution in [3.05, 3.63) is 41.1 Å². The van der Waals surface area contributed by atoms with Gasteiger partial charge in [-0.3, -0.25) is 0 Å². The summed E-state index contributed by atoms with van der Waals surface area (Å²) in [5.74, 6) is -0.445.